The molecule has 0 aromatic carbocycles. The molecule has 0 fully saturated rings. The molecule has 0 amide bonds. The van der Waals surface area contributed by atoms with Crippen molar-refractivity contribution in [2.24, 2.45) is 0 Å². The van der Waals surface area contributed by atoms with Gasteiger partial charge in [-0.1, -0.05) is 0 Å². The van der Waals surface area contributed by atoms with Crippen molar-refractivity contribution in [1.29, 1.82) is 0 Å². The van der Waals surface area contributed by atoms with Gasteiger partial charge < -0.3 is 0 Å². The van der Waals surface area contributed by atoms with E-state index in [0.29, 0.717) is 0 Å². The van der Waals surface area contributed by atoms with Gasteiger partial charge in [0.1, 0.15) is 0 Å². The van der Waals surface area contributed by atoms with E-state index < -0.39 is 18.5 Å². The van der Waals surface area contributed by atoms with Crippen molar-refractivity contribution in [2.45, 2.75) is 0 Å². The van der Waals surface area contributed by atoms with E-state index >= 15 is 0 Å². The summed E-state index contributed by atoms with van der Waals surface area (Å²) >= 11 is -2.03. The number of rotatable bonds is 0. The summed E-state index contributed by atoms with van der Waals surface area (Å²) in [6.45, 7) is 0. The van der Waals surface area contributed by atoms with E-state index in [1.165, 1.54) is 0 Å². The first-order valence-corrected chi connectivity index (χ1v) is 1.97. The Hall–Kier alpha value is 0.505. The van der Waals surface area contributed by atoms with Crippen molar-refractivity contribution in [1.82, 2.24) is 0 Å². The molecule has 0 aliphatic carbocycles. The second-order valence-corrected chi connectivity index (χ2v) is 0.403. The SMILES string of the molecule is [O]=[Mo]=[O].[SiH4]. The molecule has 26 valence electrons. The van der Waals surface area contributed by atoms with E-state index in [1.54, 1.807) is 0 Å². The number of hydrogen-bond donors (Lipinski definition) is 0. The van der Waals surface area contributed by atoms with Crippen LogP contribution in [0.5, 0.6) is 0 Å². The molecule has 0 spiro atoms. The zero-order valence-electron chi connectivity index (χ0n) is 1.22. The largest absolute Gasteiger partial charge is 0.0149 e. The molecule has 4 heteroatoms. The fourth-order valence-electron chi connectivity index (χ4n) is 0. The zero-order valence-corrected chi connectivity index (χ0v) is 3.23. The minimum atomic E-state index is -2.03. The van der Waals surface area contributed by atoms with Gasteiger partial charge in [0.15, 0.2) is 0 Å². The molecule has 0 radical (unpaired) electrons. The Kier molecular flexibility index (Phi) is 21.4. The first kappa shape index (κ1) is 8.82. The fourth-order valence-corrected chi connectivity index (χ4v) is 0. The molecule has 0 aromatic rings. The van der Waals surface area contributed by atoms with Crippen LogP contribution in [0.15, 0.2) is 0 Å². The van der Waals surface area contributed by atoms with E-state index in [4.69, 9.17) is 6.80 Å². The second-order valence-electron chi connectivity index (χ2n) is 0.0680. The maximum absolute atomic E-state index is 8.50. The maximum atomic E-state index is 8.50. The molecule has 0 atom stereocenters. The Bertz CT molecular complexity index is 27.0. The summed E-state index contributed by atoms with van der Waals surface area (Å²) in [5, 5.41) is 0. The predicted molar refractivity (Wildman–Crippen MR) is 12.7 cm³/mol. The third-order valence-electron chi connectivity index (χ3n) is 0. The summed E-state index contributed by atoms with van der Waals surface area (Å²) in [5.41, 5.74) is 0. The fraction of sp³-hybridized carbons (Fsp3) is 0. The van der Waals surface area contributed by atoms with Crippen LogP contribution >= 0.6 is 0 Å². The van der Waals surface area contributed by atoms with Crippen LogP contribution in [0.2, 0.25) is 0 Å². The van der Waals surface area contributed by atoms with Crippen molar-refractivity contribution in [3.8, 4) is 0 Å². The summed E-state index contributed by atoms with van der Waals surface area (Å²) in [6.07, 6.45) is 0. The van der Waals surface area contributed by atoms with Gasteiger partial charge in [0.25, 0.3) is 0 Å². The summed E-state index contributed by atoms with van der Waals surface area (Å²) in [4.78, 5) is 0. The van der Waals surface area contributed by atoms with Crippen molar-refractivity contribution < 1.29 is 25.3 Å². The van der Waals surface area contributed by atoms with Crippen LogP contribution in [0, 0.1) is 0 Å². The van der Waals surface area contributed by atoms with E-state index in [9.17, 15) is 0 Å². The van der Waals surface area contributed by atoms with Crippen molar-refractivity contribution in [3.63, 3.8) is 0 Å². The third kappa shape index (κ3) is 22.2. The molecular weight excluding hydrogens is 156 g/mol. The van der Waals surface area contributed by atoms with E-state index in [-0.39, 0.29) is 11.0 Å². The zero-order chi connectivity index (χ0) is 2.71. The summed E-state index contributed by atoms with van der Waals surface area (Å²) in [7, 11) is 0. The molecule has 4 heavy (non-hydrogen) atoms. The number of hydrogen-bond acceptors (Lipinski definition) is 2. The molecule has 0 saturated heterocycles. The molecule has 0 heterocycles. The average Bonchev–Trinajstić information content (AvgIpc) is 0.918. The molecule has 0 bridgehead atoms. The van der Waals surface area contributed by atoms with Crippen molar-refractivity contribution >= 4 is 11.0 Å². The normalized spacial score (nSPS) is 3.00. The van der Waals surface area contributed by atoms with Gasteiger partial charge in [0.05, 0.1) is 0 Å². The Morgan fingerprint density at radius 3 is 1.25 bits per heavy atom. The van der Waals surface area contributed by atoms with Crippen LogP contribution in [0.4, 0.5) is 0 Å². The van der Waals surface area contributed by atoms with Crippen LogP contribution < -0.4 is 0 Å². The van der Waals surface area contributed by atoms with Gasteiger partial charge in [0.2, 0.25) is 0 Å². The predicted octanol–water partition coefficient (Wildman–Crippen LogP) is -1.69. The Morgan fingerprint density at radius 1 is 1.25 bits per heavy atom. The molecule has 0 aliphatic rings. The monoisotopic (exact) mass is 162 g/mol. The third-order valence-corrected chi connectivity index (χ3v) is 0. The Morgan fingerprint density at radius 2 is 1.25 bits per heavy atom. The summed E-state index contributed by atoms with van der Waals surface area (Å²) in [5.74, 6) is 0. The smallest absolute Gasteiger partial charge is 0.0149 e. The van der Waals surface area contributed by atoms with Gasteiger partial charge >= 0.3 is 25.3 Å². The van der Waals surface area contributed by atoms with Crippen LogP contribution in [-0.2, 0) is 25.3 Å². The molecule has 0 rings (SSSR count). The van der Waals surface area contributed by atoms with Crippen LogP contribution in [0.3, 0.4) is 0 Å². The van der Waals surface area contributed by atoms with Crippen molar-refractivity contribution in [3.05, 3.63) is 0 Å². The summed E-state index contributed by atoms with van der Waals surface area (Å²) < 4.78 is 17.0. The quantitative estimate of drug-likeness (QED) is 0.396. The van der Waals surface area contributed by atoms with E-state index in [0.717, 1.165) is 0 Å². The molecule has 0 N–H and O–H groups in total. The molecular formula is H4MoO2Si. The minimum Gasteiger partial charge on any atom is -0.0149 e. The molecule has 0 unspecified atom stereocenters. The second kappa shape index (κ2) is 9.71. The van der Waals surface area contributed by atoms with Gasteiger partial charge in [-0.05, 0) is 11.0 Å². The topological polar surface area (TPSA) is 34.1 Å². The van der Waals surface area contributed by atoms with Gasteiger partial charge in [-0.3, -0.25) is 0 Å². The van der Waals surface area contributed by atoms with E-state index in [2.05, 4.69) is 0 Å². The van der Waals surface area contributed by atoms with Crippen LogP contribution in [-0.4, -0.2) is 11.0 Å². The molecule has 0 aliphatic heterocycles. The average molecular weight is 160 g/mol. The van der Waals surface area contributed by atoms with Gasteiger partial charge in [0, 0.05) is 0 Å². The minimum absolute atomic E-state index is 0. The maximum Gasteiger partial charge on any atom is -0.0149 e. The van der Waals surface area contributed by atoms with Crippen LogP contribution in [0.1, 0.15) is 0 Å². The van der Waals surface area contributed by atoms with Crippen LogP contribution in [0.25, 0.3) is 0 Å². The Balaban J connectivity index is 0. The first-order chi connectivity index (χ1) is 1.41. The van der Waals surface area contributed by atoms with Gasteiger partial charge in [-0.25, -0.2) is 0 Å². The van der Waals surface area contributed by atoms with Crippen molar-refractivity contribution in [2.75, 3.05) is 0 Å². The Labute approximate surface area is 36.8 Å². The standard InChI is InChI=1S/Mo.2O.H4Si/h;;;1H4. The van der Waals surface area contributed by atoms with Gasteiger partial charge in [-0.2, -0.15) is 0 Å². The molecule has 0 saturated carbocycles. The molecule has 0 aromatic heterocycles. The van der Waals surface area contributed by atoms with Gasteiger partial charge in [-0.15, -0.1) is 0 Å². The van der Waals surface area contributed by atoms with E-state index in [1.807, 2.05) is 0 Å². The summed E-state index contributed by atoms with van der Waals surface area (Å²) in [6, 6.07) is 0. The first-order valence-electron chi connectivity index (χ1n) is 0.333. The molecule has 2 nitrogen and oxygen atoms in total.